The molecule has 0 unspecified atom stereocenters. The summed E-state index contributed by atoms with van der Waals surface area (Å²) in [4.78, 5) is 23.8. The van der Waals surface area contributed by atoms with E-state index >= 15 is 0 Å². The molecule has 28 heavy (non-hydrogen) atoms. The number of aromatic nitrogens is 3. The third-order valence-corrected chi connectivity index (χ3v) is 3.58. The molecule has 0 radical (unpaired) electrons. The summed E-state index contributed by atoms with van der Waals surface area (Å²) in [6, 6.07) is 14.7. The normalized spacial score (nSPS) is 10.3. The van der Waals surface area contributed by atoms with Crippen molar-refractivity contribution in [3.05, 3.63) is 103 Å². The Morgan fingerprint density at radius 2 is 1.79 bits per heavy atom. The molecule has 2 N–H and O–H groups in total. The molecule has 1 aliphatic rings. The molecule has 0 fully saturated rings. The lowest BCUT2D eigenvalue weighted by Gasteiger charge is -1.90. The number of pyridine rings is 1. The van der Waals surface area contributed by atoms with Crippen molar-refractivity contribution in [1.29, 1.82) is 0 Å². The van der Waals surface area contributed by atoms with Crippen LogP contribution in [0.15, 0.2) is 94.8 Å². The van der Waals surface area contributed by atoms with Gasteiger partial charge in [-0.05, 0) is 18.2 Å². The van der Waals surface area contributed by atoms with Crippen LogP contribution in [0.2, 0.25) is 0 Å². The lowest BCUT2D eigenvalue weighted by atomic mass is 10.3. The van der Waals surface area contributed by atoms with Gasteiger partial charge >= 0.3 is 0 Å². The first-order valence-corrected chi connectivity index (χ1v) is 8.46. The molecular weight excluding hydrogens is 356 g/mol. The molecule has 7 heteroatoms. The summed E-state index contributed by atoms with van der Waals surface area (Å²) in [6.45, 7) is 0. The van der Waals surface area contributed by atoms with Crippen LogP contribution in [0.25, 0.3) is 11.0 Å². The Hall–Kier alpha value is -4.00. The molecule has 0 saturated carbocycles. The second-order valence-electron chi connectivity index (χ2n) is 5.58. The van der Waals surface area contributed by atoms with E-state index in [-0.39, 0.29) is 5.69 Å². The minimum atomic E-state index is -0.629. The van der Waals surface area contributed by atoms with Crippen LogP contribution in [0.5, 0.6) is 0 Å². The predicted octanol–water partition coefficient (Wildman–Crippen LogP) is 3.71. The van der Waals surface area contributed by atoms with E-state index in [2.05, 4.69) is 15.0 Å². The monoisotopic (exact) mass is 374 g/mol. The maximum Gasteiger partial charge on any atom is 0.267 e. The second kappa shape index (κ2) is 9.63. The smallest absolute Gasteiger partial charge is 0.267 e. The Bertz CT molecular complexity index is 1100. The Kier molecular flexibility index (Phi) is 6.46. The first kappa shape index (κ1) is 18.8. The highest BCUT2D eigenvalue weighted by Crippen LogP contribution is 2.29. The number of hydrogen-bond donors (Lipinski definition) is 1. The standard InChI is InChI=1S/C21H18N4O3/c22-21(26)20-17-13-19(17)28-18-8-9-23-14-16(18)7-5-3-1-2-4-6-12-27-15-24-10-11-25-20/h1-12,14-15H,13H2,(H2,22,26). The van der Waals surface area contributed by atoms with Gasteiger partial charge in [-0.25, -0.2) is 9.97 Å². The van der Waals surface area contributed by atoms with Crippen molar-refractivity contribution in [2.24, 2.45) is 5.73 Å². The SMILES string of the molecule is NC(=O)c1nccncoccccccccc2cnccc2oc2c1C2. The number of nitrogens with zero attached hydrogens (tertiary/aromatic N) is 3. The fraction of sp³-hybridized carbons (Fsp3) is 0.0476. The molecule has 0 bridgehead atoms. The van der Waals surface area contributed by atoms with Gasteiger partial charge in [0.2, 0.25) is 0 Å². The Labute approximate surface area is 161 Å². The molecule has 2 aromatic heterocycles. The van der Waals surface area contributed by atoms with Gasteiger partial charge in [-0.15, -0.1) is 0 Å². The number of hydrogen-bond acceptors (Lipinski definition) is 6. The zero-order valence-electron chi connectivity index (χ0n) is 14.9. The fourth-order valence-electron chi connectivity index (χ4n) is 2.22. The number of rotatable bonds is 1. The molecule has 0 atom stereocenters. The topological polar surface area (TPSA) is 108 Å². The lowest BCUT2D eigenvalue weighted by molar-refractivity contribution is 0.0995. The van der Waals surface area contributed by atoms with Gasteiger partial charge in [-0.3, -0.25) is 9.78 Å². The number of amides is 1. The maximum absolute atomic E-state index is 11.7. The molecule has 0 aliphatic heterocycles. The van der Waals surface area contributed by atoms with Gasteiger partial charge in [0.15, 0.2) is 6.39 Å². The molecule has 140 valence electrons. The number of primary amides is 1. The number of carbonyl (C=O) groups excluding carboxylic acids is 1. The van der Waals surface area contributed by atoms with Crippen LogP contribution < -0.4 is 5.73 Å². The van der Waals surface area contributed by atoms with Crippen molar-refractivity contribution in [3.8, 4) is 0 Å². The lowest BCUT2D eigenvalue weighted by Crippen LogP contribution is -2.12. The van der Waals surface area contributed by atoms with Crippen LogP contribution in [0.4, 0.5) is 0 Å². The van der Waals surface area contributed by atoms with Crippen LogP contribution in [0.1, 0.15) is 21.8 Å². The second-order valence-corrected chi connectivity index (χ2v) is 5.58. The van der Waals surface area contributed by atoms with E-state index in [1.54, 1.807) is 24.5 Å². The summed E-state index contributed by atoms with van der Waals surface area (Å²) >= 11 is 0. The zero-order chi connectivity index (χ0) is 19.6. The van der Waals surface area contributed by atoms with Crippen molar-refractivity contribution in [2.45, 2.75) is 6.42 Å². The van der Waals surface area contributed by atoms with Crippen LogP contribution in [-0.2, 0) is 6.42 Å². The maximum atomic E-state index is 11.7. The summed E-state index contributed by atoms with van der Waals surface area (Å²) in [6.07, 6.45) is 9.34. The molecule has 1 aliphatic carbocycles. The molecule has 0 saturated heterocycles. The van der Waals surface area contributed by atoms with Crippen molar-refractivity contribution in [2.75, 3.05) is 0 Å². The average molecular weight is 374 g/mol. The van der Waals surface area contributed by atoms with Crippen LogP contribution in [0, 0.1) is 0 Å². The minimum absolute atomic E-state index is 0.149. The Balaban J connectivity index is 2.20. The fourth-order valence-corrected chi connectivity index (χ4v) is 2.22. The van der Waals surface area contributed by atoms with Crippen LogP contribution in [0.3, 0.4) is 0 Å². The van der Waals surface area contributed by atoms with E-state index in [0.717, 1.165) is 5.39 Å². The average Bonchev–Trinajstić information content (AvgIpc) is 3.43. The van der Waals surface area contributed by atoms with Crippen LogP contribution in [-0.4, -0.2) is 20.9 Å². The summed E-state index contributed by atoms with van der Waals surface area (Å²) in [5.74, 6) is 0.0203. The van der Waals surface area contributed by atoms with Crippen molar-refractivity contribution < 1.29 is 13.6 Å². The van der Waals surface area contributed by atoms with E-state index in [4.69, 9.17) is 14.6 Å². The summed E-state index contributed by atoms with van der Waals surface area (Å²) in [7, 11) is 0. The largest absolute Gasteiger partial charge is 0.460 e. The Morgan fingerprint density at radius 3 is 2.64 bits per heavy atom. The van der Waals surface area contributed by atoms with Crippen molar-refractivity contribution in [1.82, 2.24) is 15.0 Å². The number of nitrogens with two attached hydrogens (primary N) is 1. The number of fused-ring (bicyclic) bond motifs is 2. The van der Waals surface area contributed by atoms with Gasteiger partial charge in [0.1, 0.15) is 17.0 Å². The van der Waals surface area contributed by atoms with Crippen molar-refractivity contribution in [3.63, 3.8) is 0 Å². The molecule has 0 spiro atoms. The highest BCUT2D eigenvalue weighted by molar-refractivity contribution is 5.93. The first-order chi connectivity index (χ1) is 13.8. The van der Waals surface area contributed by atoms with E-state index in [1.807, 2.05) is 36.4 Å². The number of carbonyl (C=O) groups is 1. The molecular formula is C21H18N4O3. The van der Waals surface area contributed by atoms with Gasteiger partial charge in [0.25, 0.3) is 5.91 Å². The van der Waals surface area contributed by atoms with E-state index < -0.39 is 5.91 Å². The first-order valence-electron chi connectivity index (χ1n) is 8.46. The molecule has 0 aromatic carbocycles. The molecule has 2 heterocycles. The molecule has 1 amide bonds. The molecule has 3 rings (SSSR count). The van der Waals surface area contributed by atoms with Gasteiger partial charge in [-0.1, -0.05) is 30.3 Å². The highest BCUT2D eigenvalue weighted by Gasteiger charge is 2.26. The van der Waals surface area contributed by atoms with E-state index in [9.17, 15) is 4.79 Å². The summed E-state index contributed by atoms with van der Waals surface area (Å²) in [5.41, 5.74) is 6.89. The van der Waals surface area contributed by atoms with Gasteiger partial charge < -0.3 is 14.6 Å². The van der Waals surface area contributed by atoms with E-state index in [0.29, 0.717) is 23.3 Å². The van der Waals surface area contributed by atoms with Crippen LogP contribution >= 0.6 is 0 Å². The third-order valence-electron chi connectivity index (χ3n) is 3.58. The Morgan fingerprint density at radius 1 is 0.964 bits per heavy atom. The molecule has 2 aromatic rings. The van der Waals surface area contributed by atoms with Gasteiger partial charge in [0.05, 0.1) is 6.26 Å². The summed E-state index contributed by atoms with van der Waals surface area (Å²) < 4.78 is 11.0. The van der Waals surface area contributed by atoms with Gasteiger partial charge in [0, 0.05) is 42.2 Å². The minimum Gasteiger partial charge on any atom is -0.460 e. The highest BCUT2D eigenvalue weighted by atomic mass is 16.3. The zero-order valence-corrected chi connectivity index (χ0v) is 14.9. The predicted molar refractivity (Wildman–Crippen MR) is 104 cm³/mol. The third kappa shape index (κ3) is 5.50. The summed E-state index contributed by atoms with van der Waals surface area (Å²) in [5, 5.41) is 0.810. The molecule has 7 nitrogen and oxygen atoms in total. The van der Waals surface area contributed by atoms with E-state index in [1.165, 1.54) is 25.1 Å². The quantitative estimate of drug-likeness (QED) is 0.695. The van der Waals surface area contributed by atoms with Gasteiger partial charge in [-0.2, -0.15) is 0 Å². The van der Waals surface area contributed by atoms with Crippen molar-refractivity contribution >= 4 is 16.9 Å².